The van der Waals surface area contributed by atoms with Crippen molar-refractivity contribution in [2.75, 3.05) is 0 Å². The smallest absolute Gasteiger partial charge is 0.291 e. The van der Waals surface area contributed by atoms with Crippen molar-refractivity contribution in [3.8, 4) is 0 Å². The van der Waals surface area contributed by atoms with Gasteiger partial charge in [0.1, 0.15) is 5.70 Å². The van der Waals surface area contributed by atoms with Crippen LogP contribution in [-0.4, -0.2) is 16.7 Å². The van der Waals surface area contributed by atoms with Crippen molar-refractivity contribution >= 4 is 23.6 Å². The number of amides is 2. The van der Waals surface area contributed by atoms with Crippen LogP contribution in [0.5, 0.6) is 0 Å². The number of primary amides is 1. The number of hydrogen-bond donors (Lipinski definition) is 2. The van der Waals surface area contributed by atoms with Crippen LogP contribution in [0.3, 0.4) is 0 Å². The first kappa shape index (κ1) is 15.0. The van der Waals surface area contributed by atoms with Crippen LogP contribution in [0.4, 0.5) is 5.69 Å². The van der Waals surface area contributed by atoms with Crippen molar-refractivity contribution in [1.82, 2.24) is 5.32 Å². The summed E-state index contributed by atoms with van der Waals surface area (Å²) < 4.78 is 4.90. The van der Waals surface area contributed by atoms with E-state index in [1.807, 2.05) is 0 Å². The fourth-order valence-electron chi connectivity index (χ4n) is 1.66. The second-order valence-corrected chi connectivity index (χ2v) is 4.21. The quantitative estimate of drug-likeness (QED) is 0.490. The monoisotopic (exact) mass is 301 g/mol. The van der Waals surface area contributed by atoms with Crippen molar-refractivity contribution in [1.29, 1.82) is 0 Å². The highest BCUT2D eigenvalue weighted by Crippen LogP contribution is 2.15. The van der Waals surface area contributed by atoms with Crippen LogP contribution in [0.15, 0.2) is 52.8 Å². The minimum atomic E-state index is -0.883. The van der Waals surface area contributed by atoms with E-state index in [4.69, 9.17) is 10.2 Å². The average Bonchev–Trinajstić information content (AvgIpc) is 3.01. The molecule has 112 valence electrons. The Balaban J connectivity index is 2.27. The molecule has 1 aromatic carbocycles. The van der Waals surface area contributed by atoms with Crippen molar-refractivity contribution in [2.45, 2.75) is 0 Å². The zero-order valence-corrected chi connectivity index (χ0v) is 11.2. The molecule has 0 saturated carbocycles. The Kier molecular flexibility index (Phi) is 4.33. The molecule has 0 aliphatic rings. The lowest BCUT2D eigenvalue weighted by molar-refractivity contribution is -0.384. The van der Waals surface area contributed by atoms with Crippen LogP contribution >= 0.6 is 0 Å². The second-order valence-electron chi connectivity index (χ2n) is 4.21. The third kappa shape index (κ3) is 3.57. The number of rotatable bonds is 5. The Labute approximate surface area is 124 Å². The number of benzene rings is 1. The standard InChI is InChI=1S/C14H11N3O5/c15-13(18)11(16-14(19)12-5-2-6-22-12)8-9-3-1-4-10(7-9)17(20)21/h1-8H,(H2,15,18)(H,16,19)/b11-8+. The second kappa shape index (κ2) is 6.35. The van der Waals surface area contributed by atoms with E-state index in [0.717, 1.165) is 0 Å². The number of nitrogens with two attached hydrogens (primary N) is 1. The Hall–Kier alpha value is -3.42. The average molecular weight is 301 g/mol. The van der Waals surface area contributed by atoms with Crippen LogP contribution < -0.4 is 11.1 Å². The molecule has 0 unspecified atom stereocenters. The van der Waals surface area contributed by atoms with Gasteiger partial charge in [0.25, 0.3) is 17.5 Å². The van der Waals surface area contributed by atoms with Gasteiger partial charge in [0.05, 0.1) is 11.2 Å². The summed E-state index contributed by atoms with van der Waals surface area (Å²) >= 11 is 0. The van der Waals surface area contributed by atoms with Crippen molar-refractivity contribution in [2.24, 2.45) is 5.73 Å². The zero-order chi connectivity index (χ0) is 16.1. The minimum absolute atomic E-state index is 0.00573. The molecule has 22 heavy (non-hydrogen) atoms. The largest absolute Gasteiger partial charge is 0.459 e. The number of nitrogens with zero attached hydrogens (tertiary/aromatic N) is 1. The Morgan fingerprint density at radius 3 is 2.64 bits per heavy atom. The molecule has 0 aliphatic heterocycles. The van der Waals surface area contributed by atoms with Gasteiger partial charge in [-0.25, -0.2) is 0 Å². The molecule has 1 heterocycles. The predicted octanol–water partition coefficient (Wildman–Crippen LogP) is 1.44. The van der Waals surface area contributed by atoms with Gasteiger partial charge in [-0.1, -0.05) is 12.1 Å². The summed E-state index contributed by atoms with van der Waals surface area (Å²) in [4.78, 5) is 33.4. The van der Waals surface area contributed by atoms with E-state index in [-0.39, 0.29) is 17.1 Å². The van der Waals surface area contributed by atoms with Gasteiger partial charge in [-0.3, -0.25) is 19.7 Å². The number of non-ortho nitro benzene ring substituents is 1. The summed E-state index contributed by atoms with van der Waals surface area (Å²) in [5, 5.41) is 13.0. The molecule has 2 amide bonds. The van der Waals surface area contributed by atoms with E-state index in [2.05, 4.69) is 5.32 Å². The van der Waals surface area contributed by atoms with E-state index >= 15 is 0 Å². The van der Waals surface area contributed by atoms with Gasteiger partial charge in [-0.2, -0.15) is 0 Å². The molecular weight excluding hydrogens is 290 g/mol. The van der Waals surface area contributed by atoms with Crippen molar-refractivity contribution < 1.29 is 18.9 Å². The molecule has 2 aromatic rings. The van der Waals surface area contributed by atoms with E-state index < -0.39 is 16.7 Å². The van der Waals surface area contributed by atoms with Gasteiger partial charge in [-0.05, 0) is 23.8 Å². The summed E-state index contributed by atoms with van der Waals surface area (Å²) in [6.07, 6.45) is 2.55. The third-order valence-corrected chi connectivity index (χ3v) is 2.65. The van der Waals surface area contributed by atoms with Crippen LogP contribution in [0.2, 0.25) is 0 Å². The summed E-state index contributed by atoms with van der Waals surface area (Å²) in [6.45, 7) is 0. The molecule has 8 nitrogen and oxygen atoms in total. The number of nitro benzene ring substituents is 1. The van der Waals surface area contributed by atoms with Crippen LogP contribution in [0.25, 0.3) is 6.08 Å². The van der Waals surface area contributed by atoms with Gasteiger partial charge < -0.3 is 15.5 Å². The molecule has 0 spiro atoms. The lowest BCUT2D eigenvalue weighted by Gasteiger charge is -2.05. The maximum atomic E-state index is 11.8. The molecule has 3 N–H and O–H groups in total. The Morgan fingerprint density at radius 2 is 2.05 bits per heavy atom. The number of nitro groups is 1. The van der Waals surface area contributed by atoms with E-state index in [9.17, 15) is 19.7 Å². The highest BCUT2D eigenvalue weighted by Gasteiger charge is 2.14. The first-order valence-electron chi connectivity index (χ1n) is 6.08. The number of hydrogen-bond acceptors (Lipinski definition) is 5. The van der Waals surface area contributed by atoms with Crippen LogP contribution in [-0.2, 0) is 4.79 Å². The number of furan rings is 1. The van der Waals surface area contributed by atoms with Crippen molar-refractivity contribution in [3.05, 3.63) is 69.8 Å². The summed E-state index contributed by atoms with van der Waals surface area (Å²) in [5.41, 5.74) is 5.20. The van der Waals surface area contributed by atoms with Crippen molar-refractivity contribution in [3.63, 3.8) is 0 Å². The summed E-state index contributed by atoms with van der Waals surface area (Å²) in [6, 6.07) is 8.49. The SMILES string of the molecule is NC(=O)/C(=C\c1cccc([N+](=O)[O-])c1)NC(=O)c1ccco1. The van der Waals surface area contributed by atoms with Gasteiger partial charge in [0.15, 0.2) is 5.76 Å². The Bertz CT molecular complexity index is 750. The lowest BCUT2D eigenvalue weighted by atomic mass is 10.1. The fraction of sp³-hybridized carbons (Fsp3) is 0. The molecule has 0 saturated heterocycles. The zero-order valence-electron chi connectivity index (χ0n) is 11.2. The molecule has 0 radical (unpaired) electrons. The summed E-state index contributed by atoms with van der Waals surface area (Å²) in [7, 11) is 0. The molecule has 0 atom stereocenters. The third-order valence-electron chi connectivity index (χ3n) is 2.65. The molecule has 2 rings (SSSR count). The molecular formula is C14H11N3O5. The van der Waals surface area contributed by atoms with Gasteiger partial charge in [0, 0.05) is 12.1 Å². The molecule has 8 heteroatoms. The first-order chi connectivity index (χ1) is 10.5. The maximum absolute atomic E-state index is 11.8. The van der Waals surface area contributed by atoms with Gasteiger partial charge in [-0.15, -0.1) is 0 Å². The first-order valence-corrected chi connectivity index (χ1v) is 6.08. The number of carbonyl (C=O) groups excluding carboxylic acids is 2. The van der Waals surface area contributed by atoms with Gasteiger partial charge >= 0.3 is 0 Å². The summed E-state index contributed by atoms with van der Waals surface area (Å²) in [5.74, 6) is -1.53. The molecule has 0 aliphatic carbocycles. The van der Waals surface area contributed by atoms with E-state index in [1.54, 1.807) is 0 Å². The van der Waals surface area contributed by atoms with Crippen LogP contribution in [0.1, 0.15) is 16.1 Å². The Morgan fingerprint density at radius 1 is 1.27 bits per heavy atom. The fourth-order valence-corrected chi connectivity index (χ4v) is 1.66. The minimum Gasteiger partial charge on any atom is -0.459 e. The highest BCUT2D eigenvalue weighted by atomic mass is 16.6. The van der Waals surface area contributed by atoms with E-state index in [1.165, 1.54) is 48.7 Å². The molecule has 1 aromatic heterocycles. The molecule has 0 fully saturated rings. The predicted molar refractivity (Wildman–Crippen MR) is 76.4 cm³/mol. The lowest BCUT2D eigenvalue weighted by Crippen LogP contribution is -2.30. The van der Waals surface area contributed by atoms with Gasteiger partial charge in [0.2, 0.25) is 0 Å². The number of carbonyl (C=O) groups is 2. The van der Waals surface area contributed by atoms with Crippen LogP contribution in [0, 0.1) is 10.1 Å². The normalized spacial score (nSPS) is 11.0. The van der Waals surface area contributed by atoms with E-state index in [0.29, 0.717) is 5.56 Å². The maximum Gasteiger partial charge on any atom is 0.291 e. The molecule has 0 bridgehead atoms. The topological polar surface area (TPSA) is 128 Å². The highest BCUT2D eigenvalue weighted by molar-refractivity contribution is 6.03. The number of nitrogens with one attached hydrogen (secondary N) is 1.